The van der Waals surface area contributed by atoms with Crippen LogP contribution in [0.1, 0.15) is 0 Å². The van der Waals surface area contributed by atoms with E-state index in [0.29, 0.717) is 26.3 Å². The van der Waals surface area contributed by atoms with E-state index in [-0.39, 0.29) is 23.8 Å². The van der Waals surface area contributed by atoms with E-state index in [1.807, 2.05) is 0 Å². The summed E-state index contributed by atoms with van der Waals surface area (Å²) in [6.45, 7) is 2.20. The van der Waals surface area contributed by atoms with Gasteiger partial charge in [-0.25, -0.2) is 0 Å². The Morgan fingerprint density at radius 1 is 1.41 bits per heavy atom. The van der Waals surface area contributed by atoms with Crippen LogP contribution in [0.3, 0.4) is 0 Å². The van der Waals surface area contributed by atoms with Gasteiger partial charge in [-0.3, -0.25) is 9.59 Å². The molecule has 2 rings (SSSR count). The number of ether oxygens (including phenoxy) is 1. The van der Waals surface area contributed by atoms with E-state index in [2.05, 4.69) is 0 Å². The monoisotopic (exact) mass is 238 g/mol. The summed E-state index contributed by atoms with van der Waals surface area (Å²) in [5, 5.41) is 9.10. The lowest BCUT2D eigenvalue weighted by atomic mass is 10.3. The van der Waals surface area contributed by atoms with E-state index in [1.54, 1.807) is 4.90 Å². The molecule has 0 radical (unpaired) electrons. The number of hydrogen-bond donors (Lipinski definition) is 1. The molecular formula is C11H14N2O4. The molecule has 92 valence electrons. The predicted molar refractivity (Wildman–Crippen MR) is 59.8 cm³/mol. The van der Waals surface area contributed by atoms with Crippen LogP contribution in [-0.2, 0) is 16.1 Å². The lowest BCUT2D eigenvalue weighted by molar-refractivity contribution is -0.135. The van der Waals surface area contributed by atoms with Gasteiger partial charge < -0.3 is 19.3 Å². The maximum atomic E-state index is 11.9. The molecule has 17 heavy (non-hydrogen) atoms. The third-order valence-corrected chi connectivity index (χ3v) is 2.65. The van der Waals surface area contributed by atoms with E-state index in [1.165, 1.54) is 16.8 Å². The lowest BCUT2D eigenvalue weighted by Crippen LogP contribution is -2.43. The zero-order valence-electron chi connectivity index (χ0n) is 9.33. The first-order valence-electron chi connectivity index (χ1n) is 5.42. The van der Waals surface area contributed by atoms with Crippen LogP contribution in [0.25, 0.3) is 0 Å². The van der Waals surface area contributed by atoms with Gasteiger partial charge in [-0.2, -0.15) is 0 Å². The molecule has 0 spiro atoms. The average molecular weight is 238 g/mol. The summed E-state index contributed by atoms with van der Waals surface area (Å²) in [6.07, 6.45) is 1.41. The standard InChI is InChI=1S/C11H14N2O4/c14-9-1-2-13(10(15)7-9)8-11(16)12-3-5-17-6-4-12/h1-2,7,14H,3-6,8H2. The first-order chi connectivity index (χ1) is 8.16. The second-order valence-corrected chi connectivity index (χ2v) is 3.84. The highest BCUT2D eigenvalue weighted by atomic mass is 16.5. The quantitative estimate of drug-likeness (QED) is 0.747. The molecular weight excluding hydrogens is 224 g/mol. The van der Waals surface area contributed by atoms with Crippen molar-refractivity contribution in [3.8, 4) is 5.75 Å². The molecule has 0 atom stereocenters. The number of hydrogen-bond acceptors (Lipinski definition) is 4. The number of carbonyl (C=O) groups is 1. The van der Waals surface area contributed by atoms with Gasteiger partial charge in [-0.1, -0.05) is 0 Å². The largest absolute Gasteiger partial charge is 0.508 e. The maximum absolute atomic E-state index is 11.9. The van der Waals surface area contributed by atoms with Gasteiger partial charge in [0.1, 0.15) is 12.3 Å². The molecule has 1 saturated heterocycles. The lowest BCUT2D eigenvalue weighted by Gasteiger charge is -2.27. The second kappa shape index (κ2) is 5.01. The fraction of sp³-hybridized carbons (Fsp3) is 0.455. The van der Waals surface area contributed by atoms with Crippen molar-refractivity contribution in [1.82, 2.24) is 9.47 Å². The fourth-order valence-corrected chi connectivity index (χ4v) is 1.69. The summed E-state index contributed by atoms with van der Waals surface area (Å²) in [6, 6.07) is 2.47. The Hall–Kier alpha value is -1.82. The van der Waals surface area contributed by atoms with Crippen molar-refractivity contribution in [2.75, 3.05) is 26.3 Å². The maximum Gasteiger partial charge on any atom is 0.254 e. The molecule has 0 saturated carbocycles. The van der Waals surface area contributed by atoms with Gasteiger partial charge in [0.25, 0.3) is 5.56 Å². The summed E-state index contributed by atoms with van der Waals surface area (Å²) >= 11 is 0. The Bertz CT molecular complexity index is 463. The van der Waals surface area contributed by atoms with Crippen molar-refractivity contribution >= 4 is 5.91 Å². The fourth-order valence-electron chi connectivity index (χ4n) is 1.69. The van der Waals surface area contributed by atoms with Crippen LogP contribution in [0.5, 0.6) is 5.75 Å². The third-order valence-electron chi connectivity index (χ3n) is 2.65. The van der Waals surface area contributed by atoms with Gasteiger partial charge in [0.05, 0.1) is 13.2 Å². The van der Waals surface area contributed by atoms with E-state index in [0.717, 1.165) is 6.07 Å². The topological polar surface area (TPSA) is 71.8 Å². The molecule has 6 heteroatoms. The van der Waals surface area contributed by atoms with Gasteiger partial charge in [-0.05, 0) is 6.07 Å². The molecule has 1 aliphatic rings. The van der Waals surface area contributed by atoms with Crippen LogP contribution in [-0.4, -0.2) is 46.8 Å². The Balaban J connectivity index is 2.04. The van der Waals surface area contributed by atoms with Crippen molar-refractivity contribution in [2.45, 2.75) is 6.54 Å². The molecule has 1 N–H and O–H groups in total. The molecule has 1 aromatic rings. The minimum absolute atomic E-state index is 0.000880. The smallest absolute Gasteiger partial charge is 0.254 e. The van der Waals surface area contributed by atoms with Crippen molar-refractivity contribution < 1.29 is 14.6 Å². The predicted octanol–water partition coefficient (Wildman–Crippen LogP) is -0.587. The van der Waals surface area contributed by atoms with Gasteiger partial charge in [0.15, 0.2) is 0 Å². The van der Waals surface area contributed by atoms with E-state index >= 15 is 0 Å². The number of rotatable bonds is 2. The molecule has 0 unspecified atom stereocenters. The first kappa shape index (κ1) is 11.7. The second-order valence-electron chi connectivity index (χ2n) is 3.84. The highest BCUT2D eigenvalue weighted by Gasteiger charge is 2.17. The van der Waals surface area contributed by atoms with Crippen LogP contribution < -0.4 is 5.56 Å². The minimum atomic E-state index is -0.383. The molecule has 2 heterocycles. The number of aromatic nitrogens is 1. The first-order valence-corrected chi connectivity index (χ1v) is 5.42. The molecule has 0 aromatic carbocycles. The average Bonchev–Trinajstić information content (AvgIpc) is 2.34. The highest BCUT2D eigenvalue weighted by molar-refractivity contribution is 5.76. The molecule has 0 aliphatic carbocycles. The van der Waals surface area contributed by atoms with Crippen LogP contribution in [0.2, 0.25) is 0 Å². The Morgan fingerprint density at radius 2 is 2.12 bits per heavy atom. The van der Waals surface area contributed by atoms with Crippen molar-refractivity contribution in [3.05, 3.63) is 28.7 Å². The summed E-state index contributed by atoms with van der Waals surface area (Å²) < 4.78 is 6.42. The van der Waals surface area contributed by atoms with Crippen LogP contribution in [0, 0.1) is 0 Å². The number of pyridine rings is 1. The summed E-state index contributed by atoms with van der Waals surface area (Å²) in [7, 11) is 0. The number of morpholine rings is 1. The van der Waals surface area contributed by atoms with Crippen molar-refractivity contribution in [1.29, 1.82) is 0 Å². The summed E-state index contributed by atoms with van der Waals surface area (Å²) in [4.78, 5) is 25.0. The van der Waals surface area contributed by atoms with Gasteiger partial charge >= 0.3 is 0 Å². The number of nitrogens with zero attached hydrogens (tertiary/aromatic N) is 2. The van der Waals surface area contributed by atoms with E-state index < -0.39 is 0 Å². The Kier molecular flexibility index (Phi) is 3.43. The van der Waals surface area contributed by atoms with Gasteiger partial charge in [0.2, 0.25) is 5.91 Å². The normalized spacial score (nSPS) is 15.9. The van der Waals surface area contributed by atoms with Gasteiger partial charge in [-0.15, -0.1) is 0 Å². The molecule has 6 nitrogen and oxygen atoms in total. The molecule has 0 bridgehead atoms. The van der Waals surface area contributed by atoms with Crippen molar-refractivity contribution in [2.24, 2.45) is 0 Å². The van der Waals surface area contributed by atoms with Crippen LogP contribution >= 0.6 is 0 Å². The summed E-state index contributed by atoms with van der Waals surface area (Å²) in [5.41, 5.74) is -0.383. The summed E-state index contributed by atoms with van der Waals surface area (Å²) in [5.74, 6) is -0.203. The Labute approximate surface area is 98.0 Å². The van der Waals surface area contributed by atoms with E-state index in [9.17, 15) is 9.59 Å². The van der Waals surface area contributed by atoms with Crippen LogP contribution in [0.4, 0.5) is 0 Å². The van der Waals surface area contributed by atoms with Crippen molar-refractivity contribution in [3.63, 3.8) is 0 Å². The van der Waals surface area contributed by atoms with E-state index in [4.69, 9.17) is 9.84 Å². The number of carbonyl (C=O) groups excluding carboxylic acids is 1. The number of amides is 1. The molecule has 1 aliphatic heterocycles. The SMILES string of the molecule is O=C(Cn1ccc(O)cc1=O)N1CCOCC1. The third kappa shape index (κ3) is 2.85. The van der Waals surface area contributed by atoms with Crippen LogP contribution in [0.15, 0.2) is 23.1 Å². The molecule has 1 fully saturated rings. The zero-order chi connectivity index (χ0) is 12.3. The molecule has 1 aromatic heterocycles. The number of aromatic hydroxyl groups is 1. The zero-order valence-corrected chi connectivity index (χ0v) is 9.33. The molecule has 1 amide bonds. The Morgan fingerprint density at radius 3 is 2.76 bits per heavy atom. The van der Waals surface area contributed by atoms with Gasteiger partial charge in [0, 0.05) is 25.4 Å². The minimum Gasteiger partial charge on any atom is -0.508 e. The highest BCUT2D eigenvalue weighted by Crippen LogP contribution is 2.02.